The van der Waals surface area contributed by atoms with Gasteiger partial charge in [0.2, 0.25) is 5.76 Å². The van der Waals surface area contributed by atoms with E-state index >= 15 is 0 Å². The highest BCUT2D eigenvalue weighted by atomic mass is 16.6. The highest BCUT2D eigenvalue weighted by molar-refractivity contribution is 5.95. The molecule has 2 heterocycles. The topological polar surface area (TPSA) is 95.5 Å². The number of para-hydroxylation sites is 1. The van der Waals surface area contributed by atoms with E-state index in [0.717, 1.165) is 5.39 Å². The Hall–Kier alpha value is -3.22. The second-order valence-electron chi connectivity index (χ2n) is 4.85. The van der Waals surface area contributed by atoms with Crippen LogP contribution in [0.15, 0.2) is 47.1 Å². The molecule has 0 bridgehead atoms. The van der Waals surface area contributed by atoms with Crippen molar-refractivity contribution in [2.24, 2.45) is 0 Å². The molecule has 0 spiro atoms. The van der Waals surface area contributed by atoms with E-state index in [0.29, 0.717) is 16.8 Å². The van der Waals surface area contributed by atoms with Crippen LogP contribution in [0.1, 0.15) is 12.6 Å². The largest absolute Gasteiger partial charge is 0.459 e. The highest BCUT2D eigenvalue weighted by Gasteiger charge is 2.22. The smallest absolute Gasteiger partial charge is 0.315 e. The maximum Gasteiger partial charge on any atom is 0.315 e. The number of aromatic nitrogens is 1. The number of nitro groups is 1. The molecule has 0 amide bonds. The van der Waals surface area contributed by atoms with Crippen molar-refractivity contribution in [2.75, 3.05) is 0 Å². The summed E-state index contributed by atoms with van der Waals surface area (Å²) in [5.74, 6) is -0.275. The standard InChI is InChI=1S/C16H12N2O5/c1-10(19)23-9-11-8-13(12-4-2-3-5-14(12)17-11)16-15(18(20)21)6-7-22-16/h2-8H,9H2,1H3. The number of furan rings is 1. The molecule has 1 aromatic carbocycles. The van der Waals surface area contributed by atoms with Crippen molar-refractivity contribution in [3.63, 3.8) is 0 Å². The van der Waals surface area contributed by atoms with E-state index < -0.39 is 10.9 Å². The van der Waals surface area contributed by atoms with E-state index in [1.807, 2.05) is 12.1 Å². The maximum atomic E-state index is 11.2. The Balaban J connectivity index is 2.19. The van der Waals surface area contributed by atoms with Crippen LogP contribution in [0, 0.1) is 10.1 Å². The van der Waals surface area contributed by atoms with Crippen LogP contribution in [0.5, 0.6) is 0 Å². The highest BCUT2D eigenvalue weighted by Crippen LogP contribution is 2.35. The number of fused-ring (bicyclic) bond motifs is 1. The number of hydrogen-bond donors (Lipinski definition) is 0. The van der Waals surface area contributed by atoms with E-state index in [4.69, 9.17) is 9.15 Å². The molecule has 0 saturated heterocycles. The summed E-state index contributed by atoms with van der Waals surface area (Å²) in [6, 6.07) is 10.1. The third-order valence-electron chi connectivity index (χ3n) is 3.28. The molecule has 0 aliphatic carbocycles. The van der Waals surface area contributed by atoms with Crippen LogP contribution in [0.2, 0.25) is 0 Å². The van der Waals surface area contributed by atoms with Crippen LogP contribution in [0.4, 0.5) is 5.69 Å². The molecule has 23 heavy (non-hydrogen) atoms. The summed E-state index contributed by atoms with van der Waals surface area (Å²) in [7, 11) is 0. The number of benzene rings is 1. The first kappa shape index (κ1) is 14.7. The Morgan fingerprint density at radius 2 is 2.13 bits per heavy atom. The summed E-state index contributed by atoms with van der Waals surface area (Å²) in [4.78, 5) is 26.0. The summed E-state index contributed by atoms with van der Waals surface area (Å²) in [5.41, 5.74) is 1.53. The normalized spacial score (nSPS) is 10.7. The summed E-state index contributed by atoms with van der Waals surface area (Å²) in [6.45, 7) is 1.29. The van der Waals surface area contributed by atoms with Crippen molar-refractivity contribution in [1.29, 1.82) is 0 Å². The minimum absolute atomic E-state index is 0.0122. The van der Waals surface area contributed by atoms with Crippen molar-refractivity contribution < 1.29 is 18.9 Å². The van der Waals surface area contributed by atoms with Gasteiger partial charge in [-0.25, -0.2) is 4.98 Å². The van der Waals surface area contributed by atoms with E-state index in [-0.39, 0.29) is 18.1 Å². The molecule has 0 atom stereocenters. The molecule has 3 aromatic rings. The molecule has 116 valence electrons. The average Bonchev–Trinajstić information content (AvgIpc) is 3.01. The van der Waals surface area contributed by atoms with E-state index in [1.165, 1.54) is 19.3 Å². The summed E-state index contributed by atoms with van der Waals surface area (Å²) < 4.78 is 10.3. The second kappa shape index (κ2) is 5.88. The van der Waals surface area contributed by atoms with Gasteiger partial charge < -0.3 is 9.15 Å². The molecule has 7 nitrogen and oxygen atoms in total. The Labute approximate surface area is 130 Å². The number of carbonyl (C=O) groups is 1. The SMILES string of the molecule is CC(=O)OCc1cc(-c2occc2[N+](=O)[O-])c2ccccc2n1. The Morgan fingerprint density at radius 1 is 1.35 bits per heavy atom. The first-order chi connectivity index (χ1) is 11.1. The molecule has 7 heteroatoms. The minimum atomic E-state index is -0.500. The molecule has 0 unspecified atom stereocenters. The quantitative estimate of drug-likeness (QED) is 0.416. The van der Waals surface area contributed by atoms with Crippen molar-refractivity contribution in [1.82, 2.24) is 4.98 Å². The second-order valence-corrected chi connectivity index (χ2v) is 4.85. The Morgan fingerprint density at radius 3 is 2.87 bits per heavy atom. The lowest BCUT2D eigenvalue weighted by Gasteiger charge is -2.08. The van der Waals surface area contributed by atoms with Gasteiger partial charge in [0.05, 0.1) is 28.5 Å². The van der Waals surface area contributed by atoms with Gasteiger partial charge >= 0.3 is 11.7 Å². The summed E-state index contributed by atoms with van der Waals surface area (Å²) >= 11 is 0. The molecular weight excluding hydrogens is 300 g/mol. The predicted molar refractivity (Wildman–Crippen MR) is 81.6 cm³/mol. The van der Waals surface area contributed by atoms with Gasteiger partial charge in [-0.3, -0.25) is 14.9 Å². The van der Waals surface area contributed by atoms with Crippen LogP contribution < -0.4 is 0 Å². The fraction of sp³-hybridized carbons (Fsp3) is 0.125. The molecule has 0 fully saturated rings. The number of rotatable bonds is 4. The molecular formula is C16H12N2O5. The van der Waals surface area contributed by atoms with Crippen molar-refractivity contribution >= 4 is 22.6 Å². The van der Waals surface area contributed by atoms with Gasteiger partial charge in [-0.1, -0.05) is 18.2 Å². The van der Waals surface area contributed by atoms with Gasteiger partial charge in [0, 0.05) is 17.9 Å². The molecule has 0 radical (unpaired) electrons. The first-order valence-electron chi connectivity index (χ1n) is 6.80. The zero-order valence-corrected chi connectivity index (χ0v) is 12.2. The molecule has 0 aliphatic rings. The zero-order valence-electron chi connectivity index (χ0n) is 12.2. The lowest BCUT2D eigenvalue weighted by molar-refractivity contribution is -0.384. The van der Waals surface area contributed by atoms with Gasteiger partial charge in [-0.05, 0) is 12.1 Å². The van der Waals surface area contributed by atoms with Gasteiger partial charge in [0.1, 0.15) is 6.61 Å². The van der Waals surface area contributed by atoms with Crippen LogP contribution in [-0.2, 0) is 16.1 Å². The van der Waals surface area contributed by atoms with E-state index in [1.54, 1.807) is 18.2 Å². The van der Waals surface area contributed by atoms with Gasteiger partial charge in [0.15, 0.2) is 0 Å². The molecule has 0 aliphatic heterocycles. The maximum absolute atomic E-state index is 11.2. The van der Waals surface area contributed by atoms with Crippen LogP contribution >= 0.6 is 0 Å². The van der Waals surface area contributed by atoms with Crippen molar-refractivity contribution in [3.05, 3.63) is 58.5 Å². The lowest BCUT2D eigenvalue weighted by atomic mass is 10.0. The third-order valence-corrected chi connectivity index (χ3v) is 3.28. The molecule has 0 saturated carbocycles. The number of nitrogens with zero attached hydrogens (tertiary/aromatic N) is 2. The number of esters is 1. The number of pyridine rings is 1. The van der Waals surface area contributed by atoms with Gasteiger partial charge in [-0.2, -0.15) is 0 Å². The number of ether oxygens (including phenoxy) is 1. The Kier molecular flexibility index (Phi) is 3.76. The zero-order chi connectivity index (χ0) is 16.4. The van der Waals surface area contributed by atoms with Crippen LogP contribution in [0.3, 0.4) is 0 Å². The number of carbonyl (C=O) groups excluding carboxylic acids is 1. The van der Waals surface area contributed by atoms with E-state index in [9.17, 15) is 14.9 Å². The first-order valence-corrected chi connectivity index (χ1v) is 6.80. The number of hydrogen-bond acceptors (Lipinski definition) is 6. The fourth-order valence-electron chi connectivity index (χ4n) is 2.32. The molecule has 3 rings (SSSR count). The predicted octanol–water partition coefficient (Wildman–Crippen LogP) is 3.47. The fourth-order valence-corrected chi connectivity index (χ4v) is 2.32. The third kappa shape index (κ3) is 2.89. The van der Waals surface area contributed by atoms with Crippen LogP contribution in [0.25, 0.3) is 22.2 Å². The monoisotopic (exact) mass is 312 g/mol. The summed E-state index contributed by atoms with van der Waals surface area (Å²) in [5, 5.41) is 11.9. The van der Waals surface area contributed by atoms with Crippen molar-refractivity contribution in [2.45, 2.75) is 13.5 Å². The lowest BCUT2D eigenvalue weighted by Crippen LogP contribution is -2.01. The van der Waals surface area contributed by atoms with Gasteiger partial charge in [0.25, 0.3) is 0 Å². The van der Waals surface area contributed by atoms with Gasteiger partial charge in [-0.15, -0.1) is 0 Å². The Bertz CT molecular complexity index is 900. The molecule has 2 aromatic heterocycles. The average molecular weight is 312 g/mol. The van der Waals surface area contributed by atoms with Crippen LogP contribution in [-0.4, -0.2) is 15.9 Å². The van der Waals surface area contributed by atoms with E-state index in [2.05, 4.69) is 4.98 Å². The minimum Gasteiger partial charge on any atom is -0.459 e. The summed E-state index contributed by atoms with van der Waals surface area (Å²) in [6.07, 6.45) is 1.27. The molecule has 0 N–H and O–H groups in total. The van der Waals surface area contributed by atoms with Crippen molar-refractivity contribution in [3.8, 4) is 11.3 Å².